The Kier molecular flexibility index (Phi) is 3.93. The van der Waals surface area contributed by atoms with Crippen LogP contribution < -0.4 is 10.1 Å². The molecule has 0 spiro atoms. The van der Waals surface area contributed by atoms with Crippen molar-refractivity contribution in [2.45, 2.75) is 26.1 Å². The van der Waals surface area contributed by atoms with Gasteiger partial charge in [-0.05, 0) is 23.8 Å². The number of carbonyl (C=O) groups is 1. The smallest absolute Gasteiger partial charge is 0.274 e. The second-order valence-corrected chi connectivity index (χ2v) is 10.1. The quantitative estimate of drug-likeness (QED) is 0.835. The number of piperidine rings is 2. The van der Waals surface area contributed by atoms with E-state index in [9.17, 15) is 4.79 Å². The van der Waals surface area contributed by atoms with Gasteiger partial charge in [-0.15, -0.1) is 0 Å². The number of aliphatic imine (C=N–C) groups is 1. The maximum Gasteiger partial charge on any atom is 0.274 e. The van der Waals surface area contributed by atoms with Gasteiger partial charge in [0.2, 0.25) is 0 Å². The van der Waals surface area contributed by atoms with E-state index in [1.807, 2.05) is 24.3 Å². The Morgan fingerprint density at radius 1 is 0.968 bits per heavy atom. The first-order valence-corrected chi connectivity index (χ1v) is 11.0. The lowest BCUT2D eigenvalue weighted by Crippen LogP contribution is -2.76. The SMILES string of the molecule is COc1ccc(C2N3CC4(C)CN2CC(C)(C3)C4N=C2C(=O)Nc3ccccc32)cc1. The van der Waals surface area contributed by atoms with E-state index in [1.54, 1.807) is 7.11 Å². The minimum absolute atomic E-state index is 0.0129. The van der Waals surface area contributed by atoms with Crippen molar-refractivity contribution < 1.29 is 9.53 Å². The molecule has 0 saturated carbocycles. The number of para-hydroxylation sites is 1. The first-order chi connectivity index (χ1) is 14.9. The number of carbonyl (C=O) groups excluding carboxylic acids is 1. The average molecular weight is 417 g/mol. The largest absolute Gasteiger partial charge is 0.497 e. The average Bonchev–Trinajstić information content (AvgIpc) is 3.05. The number of nitrogens with one attached hydrogen (secondary N) is 1. The number of fused-ring (bicyclic) bond motifs is 1. The zero-order chi connectivity index (χ0) is 21.4. The van der Waals surface area contributed by atoms with E-state index >= 15 is 0 Å². The molecule has 6 nitrogen and oxygen atoms in total. The van der Waals surface area contributed by atoms with Crippen LogP contribution in [-0.2, 0) is 4.79 Å². The molecule has 1 N–H and O–H groups in total. The van der Waals surface area contributed by atoms with Crippen LogP contribution in [0.3, 0.4) is 0 Å². The fraction of sp³-hybridized carbons (Fsp3) is 0.440. The normalized spacial score (nSPS) is 38.9. The maximum absolute atomic E-state index is 12.7. The third-order valence-electron chi connectivity index (χ3n) is 7.59. The van der Waals surface area contributed by atoms with Crippen LogP contribution in [0.15, 0.2) is 53.5 Å². The summed E-state index contributed by atoms with van der Waals surface area (Å²) in [6.45, 7) is 8.64. The predicted octanol–water partition coefficient (Wildman–Crippen LogP) is 3.16. The van der Waals surface area contributed by atoms with Gasteiger partial charge in [0.05, 0.1) is 25.0 Å². The second-order valence-electron chi connectivity index (χ2n) is 10.1. The topological polar surface area (TPSA) is 57.2 Å². The zero-order valence-electron chi connectivity index (χ0n) is 18.3. The van der Waals surface area contributed by atoms with E-state index in [2.05, 4.69) is 53.2 Å². The molecule has 7 rings (SSSR count). The van der Waals surface area contributed by atoms with Crippen LogP contribution in [-0.4, -0.2) is 60.7 Å². The highest BCUT2D eigenvalue weighted by atomic mass is 16.5. The van der Waals surface area contributed by atoms with Crippen molar-refractivity contribution in [1.82, 2.24) is 9.80 Å². The molecule has 2 aromatic carbocycles. The summed E-state index contributed by atoms with van der Waals surface area (Å²) in [5.41, 5.74) is 3.76. The molecule has 1 amide bonds. The monoisotopic (exact) mass is 416 g/mol. The number of anilines is 1. The third-order valence-corrected chi connectivity index (χ3v) is 7.59. The minimum atomic E-state index is -0.0704. The lowest BCUT2D eigenvalue weighted by molar-refractivity contribution is -0.205. The van der Waals surface area contributed by atoms with E-state index in [0.29, 0.717) is 11.9 Å². The van der Waals surface area contributed by atoms with Gasteiger partial charge in [-0.3, -0.25) is 19.6 Å². The fourth-order valence-electron chi connectivity index (χ4n) is 6.70. The summed E-state index contributed by atoms with van der Waals surface area (Å²) in [5, 5.41) is 2.98. The Hall–Kier alpha value is -2.70. The summed E-state index contributed by atoms with van der Waals surface area (Å²) < 4.78 is 5.34. The number of benzene rings is 2. The van der Waals surface area contributed by atoms with Crippen molar-refractivity contribution in [2.24, 2.45) is 15.8 Å². The Bertz CT molecular complexity index is 1050. The number of hydrogen-bond donors (Lipinski definition) is 1. The first-order valence-electron chi connectivity index (χ1n) is 11.0. The van der Waals surface area contributed by atoms with Gasteiger partial charge >= 0.3 is 0 Å². The number of nitrogens with zero attached hydrogens (tertiary/aromatic N) is 3. The Balaban J connectivity index is 1.35. The molecule has 31 heavy (non-hydrogen) atoms. The maximum atomic E-state index is 12.7. The van der Waals surface area contributed by atoms with Crippen LogP contribution in [0, 0.1) is 10.8 Å². The Labute approximate surface area is 182 Å². The van der Waals surface area contributed by atoms with E-state index < -0.39 is 0 Å². The van der Waals surface area contributed by atoms with E-state index in [1.165, 1.54) is 5.56 Å². The standard InChI is InChI=1S/C25H28N4O2/c1-24-12-28-14-25(2,15-29(13-24)22(28)16-8-10-17(31-3)11-9-16)23(24)27-20-18-6-4-5-7-19(18)26-21(20)30/h4-11,22-23H,12-15H2,1-3H3,(H,26,27,30). The molecule has 6 heteroatoms. The van der Waals surface area contributed by atoms with Gasteiger partial charge in [-0.25, -0.2) is 0 Å². The van der Waals surface area contributed by atoms with Gasteiger partial charge in [-0.2, -0.15) is 0 Å². The molecule has 5 heterocycles. The van der Waals surface area contributed by atoms with Crippen molar-refractivity contribution in [3.05, 3.63) is 59.7 Å². The van der Waals surface area contributed by atoms with Crippen LogP contribution >= 0.6 is 0 Å². The molecule has 160 valence electrons. The number of rotatable bonds is 3. The summed E-state index contributed by atoms with van der Waals surface area (Å²) >= 11 is 0. The molecule has 0 radical (unpaired) electrons. The minimum Gasteiger partial charge on any atom is -0.497 e. The lowest BCUT2D eigenvalue weighted by atomic mass is 9.59. The van der Waals surface area contributed by atoms with Crippen molar-refractivity contribution >= 4 is 17.3 Å². The van der Waals surface area contributed by atoms with Crippen molar-refractivity contribution in [1.29, 1.82) is 0 Å². The lowest BCUT2D eigenvalue weighted by Gasteiger charge is -2.68. The number of hydrogen-bond acceptors (Lipinski definition) is 5. The third kappa shape index (κ3) is 2.71. The molecule has 0 aliphatic carbocycles. The highest BCUT2D eigenvalue weighted by Gasteiger charge is 2.62. The molecule has 2 aromatic rings. The summed E-state index contributed by atoms with van der Waals surface area (Å²) in [6.07, 6.45) is 0.302. The Morgan fingerprint density at radius 2 is 1.58 bits per heavy atom. The summed E-state index contributed by atoms with van der Waals surface area (Å²) in [5.74, 6) is 0.821. The fourth-order valence-corrected chi connectivity index (χ4v) is 6.70. The highest BCUT2D eigenvalue weighted by molar-refractivity contribution is 6.53. The highest BCUT2D eigenvalue weighted by Crippen LogP contribution is 2.55. The number of amides is 1. The van der Waals surface area contributed by atoms with Gasteiger partial charge in [0.15, 0.2) is 0 Å². The van der Waals surface area contributed by atoms with Crippen LogP contribution in [0.2, 0.25) is 0 Å². The number of ether oxygens (including phenoxy) is 1. The van der Waals surface area contributed by atoms with E-state index in [0.717, 1.165) is 43.2 Å². The molecular weight excluding hydrogens is 388 g/mol. The molecule has 4 bridgehead atoms. The molecule has 0 unspecified atom stereocenters. The molecule has 4 fully saturated rings. The molecular formula is C25H28N4O2. The van der Waals surface area contributed by atoms with Crippen LogP contribution in [0.5, 0.6) is 5.75 Å². The van der Waals surface area contributed by atoms with Gasteiger partial charge in [0.25, 0.3) is 5.91 Å². The van der Waals surface area contributed by atoms with E-state index in [4.69, 9.17) is 9.73 Å². The van der Waals surface area contributed by atoms with Crippen molar-refractivity contribution in [3.63, 3.8) is 0 Å². The van der Waals surface area contributed by atoms with Crippen LogP contribution in [0.25, 0.3) is 0 Å². The van der Waals surface area contributed by atoms with Crippen molar-refractivity contribution in [3.8, 4) is 5.75 Å². The van der Waals surface area contributed by atoms with Crippen LogP contribution in [0.4, 0.5) is 5.69 Å². The van der Waals surface area contributed by atoms with Gasteiger partial charge in [-0.1, -0.05) is 44.2 Å². The molecule has 4 saturated heterocycles. The van der Waals surface area contributed by atoms with Gasteiger partial charge < -0.3 is 10.1 Å². The molecule has 5 aliphatic rings. The summed E-state index contributed by atoms with van der Waals surface area (Å²) in [7, 11) is 1.71. The van der Waals surface area contributed by atoms with Gasteiger partial charge in [0.1, 0.15) is 11.5 Å². The number of methoxy groups -OCH3 is 1. The first kappa shape index (κ1) is 19.0. The summed E-state index contributed by atoms with van der Waals surface area (Å²) in [6, 6.07) is 16.5. The van der Waals surface area contributed by atoms with Crippen molar-refractivity contribution in [2.75, 3.05) is 38.6 Å². The molecule has 0 atom stereocenters. The second kappa shape index (κ2) is 6.40. The predicted molar refractivity (Wildman–Crippen MR) is 120 cm³/mol. The van der Waals surface area contributed by atoms with Crippen LogP contribution in [0.1, 0.15) is 31.1 Å². The van der Waals surface area contributed by atoms with E-state index in [-0.39, 0.29) is 22.8 Å². The summed E-state index contributed by atoms with van der Waals surface area (Å²) in [4.78, 5) is 23.1. The molecule has 0 aromatic heterocycles. The molecule has 5 aliphatic heterocycles. The Morgan fingerprint density at radius 3 is 2.19 bits per heavy atom. The van der Waals surface area contributed by atoms with Gasteiger partial charge in [0, 0.05) is 42.6 Å². The zero-order valence-corrected chi connectivity index (χ0v) is 18.3.